The Bertz CT molecular complexity index is 513. The Balaban J connectivity index is 2.29. The van der Waals surface area contributed by atoms with Gasteiger partial charge in [-0.1, -0.05) is 12.0 Å². The van der Waals surface area contributed by atoms with E-state index < -0.39 is 11.7 Å². The van der Waals surface area contributed by atoms with E-state index >= 15 is 0 Å². The highest BCUT2D eigenvalue weighted by Crippen LogP contribution is 2.39. The zero-order valence-corrected chi connectivity index (χ0v) is 11.7. The van der Waals surface area contributed by atoms with Crippen molar-refractivity contribution < 1.29 is 17.9 Å². The molecule has 2 unspecified atom stereocenters. The molecule has 0 radical (unpaired) electrons. The summed E-state index contributed by atoms with van der Waals surface area (Å²) in [7, 11) is 0. The molecule has 1 aliphatic carbocycles. The molecule has 0 aromatic heterocycles. The lowest BCUT2D eigenvalue weighted by Gasteiger charge is -2.25. The molecule has 5 heteroatoms. The first-order valence-electron chi connectivity index (χ1n) is 5.40. The predicted octanol–water partition coefficient (Wildman–Crippen LogP) is 4.10. The molecule has 2 rings (SSSR count). The van der Waals surface area contributed by atoms with E-state index in [-0.39, 0.29) is 17.8 Å². The van der Waals surface area contributed by atoms with Crippen molar-refractivity contribution in [2.75, 3.05) is 0 Å². The highest BCUT2D eigenvalue weighted by atomic mass is 127. The lowest BCUT2D eigenvalue weighted by Crippen LogP contribution is -2.27. The minimum Gasteiger partial charge on any atom is -0.488 e. The van der Waals surface area contributed by atoms with Crippen LogP contribution in [0.2, 0.25) is 0 Å². The van der Waals surface area contributed by atoms with Gasteiger partial charge in [-0.3, -0.25) is 0 Å². The van der Waals surface area contributed by atoms with Crippen LogP contribution in [0.15, 0.2) is 18.2 Å². The number of hydrogen-bond acceptors (Lipinski definition) is 1. The molecule has 0 spiro atoms. The maximum Gasteiger partial charge on any atom is 0.420 e. The molecule has 1 nitrogen and oxygen atoms in total. The van der Waals surface area contributed by atoms with Gasteiger partial charge in [-0.15, -0.1) is 5.92 Å². The first-order valence-corrected chi connectivity index (χ1v) is 6.48. The van der Waals surface area contributed by atoms with E-state index in [1.54, 1.807) is 13.0 Å². The molecule has 18 heavy (non-hydrogen) atoms. The Labute approximate surface area is 117 Å². The van der Waals surface area contributed by atoms with Crippen molar-refractivity contribution in [3.05, 3.63) is 27.3 Å². The highest BCUT2D eigenvalue weighted by Gasteiger charge is 2.36. The first kappa shape index (κ1) is 13.5. The largest absolute Gasteiger partial charge is 0.488 e. The summed E-state index contributed by atoms with van der Waals surface area (Å²) in [6.45, 7) is 1.75. The van der Waals surface area contributed by atoms with Crippen LogP contribution in [0, 0.1) is 21.3 Å². The van der Waals surface area contributed by atoms with Crippen LogP contribution in [0.3, 0.4) is 0 Å². The van der Waals surface area contributed by atoms with Gasteiger partial charge in [-0.2, -0.15) is 13.2 Å². The number of halogens is 4. The molecule has 0 aliphatic heterocycles. The standard InChI is InChI=1S/C13H10F3IO/c1-8(9-4-2-5-9)18-12-10(13(14,15)16)6-3-7-11(12)17/h3,6-9H,4H2,1H3. The van der Waals surface area contributed by atoms with Crippen LogP contribution >= 0.6 is 22.6 Å². The summed E-state index contributed by atoms with van der Waals surface area (Å²) in [5, 5.41) is 0. The summed E-state index contributed by atoms with van der Waals surface area (Å²) in [4.78, 5) is 0. The zero-order chi connectivity index (χ0) is 13.3. The van der Waals surface area contributed by atoms with Crippen molar-refractivity contribution in [3.8, 4) is 17.6 Å². The Morgan fingerprint density at radius 3 is 2.61 bits per heavy atom. The van der Waals surface area contributed by atoms with Gasteiger partial charge in [0.15, 0.2) is 0 Å². The van der Waals surface area contributed by atoms with E-state index in [2.05, 4.69) is 11.8 Å². The van der Waals surface area contributed by atoms with Crippen LogP contribution in [0.25, 0.3) is 0 Å². The Morgan fingerprint density at radius 1 is 1.44 bits per heavy atom. The lowest BCUT2D eigenvalue weighted by molar-refractivity contribution is -0.139. The van der Waals surface area contributed by atoms with Crippen LogP contribution in [0.1, 0.15) is 18.9 Å². The molecule has 0 amide bonds. The molecule has 0 N–H and O–H groups in total. The van der Waals surface area contributed by atoms with E-state index in [0.717, 1.165) is 6.07 Å². The summed E-state index contributed by atoms with van der Waals surface area (Å²) in [6, 6.07) is 4.02. The van der Waals surface area contributed by atoms with Crippen LogP contribution in [-0.4, -0.2) is 6.10 Å². The monoisotopic (exact) mass is 366 g/mol. The zero-order valence-electron chi connectivity index (χ0n) is 9.51. The van der Waals surface area contributed by atoms with Crippen molar-refractivity contribution >= 4 is 22.6 Å². The second-order valence-corrected chi connectivity index (χ2v) is 5.23. The van der Waals surface area contributed by atoms with Crippen LogP contribution < -0.4 is 4.74 Å². The fraction of sp³-hybridized carbons (Fsp3) is 0.385. The normalized spacial score (nSPS) is 19.5. The minimum atomic E-state index is -4.40. The summed E-state index contributed by atoms with van der Waals surface area (Å²) >= 11 is 1.85. The number of hydrogen-bond donors (Lipinski definition) is 0. The lowest BCUT2D eigenvalue weighted by atomic mass is 9.93. The molecule has 2 atom stereocenters. The quantitative estimate of drug-likeness (QED) is 0.578. The van der Waals surface area contributed by atoms with Gasteiger partial charge in [0.1, 0.15) is 11.9 Å². The molecular weight excluding hydrogens is 356 g/mol. The second kappa shape index (κ2) is 5.00. The molecule has 1 aliphatic rings. The number of alkyl halides is 3. The van der Waals surface area contributed by atoms with Gasteiger partial charge < -0.3 is 4.74 Å². The molecule has 0 saturated carbocycles. The van der Waals surface area contributed by atoms with Gasteiger partial charge in [-0.25, -0.2) is 0 Å². The van der Waals surface area contributed by atoms with Gasteiger partial charge in [0.25, 0.3) is 0 Å². The van der Waals surface area contributed by atoms with Crippen molar-refractivity contribution in [3.63, 3.8) is 0 Å². The predicted molar refractivity (Wildman–Crippen MR) is 70.1 cm³/mol. The molecule has 0 saturated heterocycles. The van der Waals surface area contributed by atoms with Gasteiger partial charge >= 0.3 is 6.18 Å². The van der Waals surface area contributed by atoms with Crippen molar-refractivity contribution in [1.82, 2.24) is 0 Å². The fourth-order valence-corrected chi connectivity index (χ4v) is 2.25. The van der Waals surface area contributed by atoms with Gasteiger partial charge in [0.2, 0.25) is 0 Å². The Kier molecular flexibility index (Phi) is 3.76. The molecule has 0 bridgehead atoms. The maximum absolute atomic E-state index is 12.9. The molecule has 96 valence electrons. The van der Waals surface area contributed by atoms with Crippen LogP contribution in [-0.2, 0) is 6.18 Å². The first-order chi connectivity index (χ1) is 8.39. The Morgan fingerprint density at radius 2 is 2.11 bits per heavy atom. The van der Waals surface area contributed by atoms with E-state index in [1.807, 2.05) is 22.6 Å². The van der Waals surface area contributed by atoms with E-state index in [9.17, 15) is 13.2 Å². The SMILES string of the molecule is CC(Oc1c(I)cccc1C(F)(F)F)C1C#CC1. The second-order valence-electron chi connectivity index (χ2n) is 4.07. The average molecular weight is 366 g/mol. The van der Waals surface area contributed by atoms with E-state index in [1.165, 1.54) is 6.07 Å². The van der Waals surface area contributed by atoms with Crippen molar-refractivity contribution in [1.29, 1.82) is 0 Å². The number of ether oxygens (including phenoxy) is 1. The topological polar surface area (TPSA) is 9.23 Å². The van der Waals surface area contributed by atoms with Crippen molar-refractivity contribution in [2.24, 2.45) is 5.92 Å². The fourth-order valence-electron chi connectivity index (χ4n) is 1.62. The Hall–Kier alpha value is -0.900. The number of rotatable bonds is 3. The summed E-state index contributed by atoms with van der Waals surface area (Å²) in [5.74, 6) is 5.66. The highest BCUT2D eigenvalue weighted by molar-refractivity contribution is 14.1. The summed E-state index contributed by atoms with van der Waals surface area (Å²) in [5.41, 5.74) is -0.728. The van der Waals surface area contributed by atoms with Gasteiger partial charge in [0.05, 0.1) is 15.1 Å². The third kappa shape index (κ3) is 2.74. The number of benzene rings is 1. The van der Waals surface area contributed by atoms with E-state index in [0.29, 0.717) is 9.99 Å². The molecule has 1 aromatic rings. The third-order valence-electron chi connectivity index (χ3n) is 2.75. The van der Waals surface area contributed by atoms with Crippen LogP contribution in [0.4, 0.5) is 13.2 Å². The molecule has 0 heterocycles. The van der Waals surface area contributed by atoms with Gasteiger partial charge in [0, 0.05) is 6.42 Å². The van der Waals surface area contributed by atoms with Crippen molar-refractivity contribution in [2.45, 2.75) is 25.6 Å². The minimum absolute atomic E-state index is 0.0297. The average Bonchev–Trinajstić information content (AvgIpc) is 2.16. The maximum atomic E-state index is 12.9. The smallest absolute Gasteiger partial charge is 0.420 e. The summed E-state index contributed by atoms with van der Waals surface area (Å²) in [6.07, 6.45) is -4.05. The molecule has 1 aromatic carbocycles. The third-order valence-corrected chi connectivity index (χ3v) is 3.60. The molecule has 0 fully saturated rings. The summed E-state index contributed by atoms with van der Waals surface area (Å²) < 4.78 is 44.5. The number of para-hydroxylation sites is 1. The molecular formula is C13H10F3IO. The van der Waals surface area contributed by atoms with Crippen LogP contribution in [0.5, 0.6) is 5.75 Å². The van der Waals surface area contributed by atoms with E-state index in [4.69, 9.17) is 4.74 Å². The van der Waals surface area contributed by atoms with Gasteiger partial charge in [-0.05, 0) is 41.6 Å².